The molecule has 0 spiro atoms. The summed E-state index contributed by atoms with van der Waals surface area (Å²) in [6.07, 6.45) is 1.88. The predicted molar refractivity (Wildman–Crippen MR) is 69.8 cm³/mol. The van der Waals surface area contributed by atoms with Crippen LogP contribution in [0.2, 0.25) is 0 Å². The molecular formula is C12H17N3O4. The molecule has 19 heavy (non-hydrogen) atoms. The number of hydrogen-bond donors (Lipinski definition) is 1. The van der Waals surface area contributed by atoms with E-state index in [1.165, 1.54) is 25.4 Å². The average Bonchev–Trinajstić information content (AvgIpc) is 2.36. The number of anilines is 1. The van der Waals surface area contributed by atoms with Crippen LogP contribution in [0.15, 0.2) is 18.3 Å². The van der Waals surface area contributed by atoms with Crippen LogP contribution in [0.4, 0.5) is 11.5 Å². The number of ether oxygens (including phenoxy) is 1. The van der Waals surface area contributed by atoms with Gasteiger partial charge in [0.1, 0.15) is 11.9 Å². The fourth-order valence-corrected chi connectivity index (χ4v) is 1.62. The minimum Gasteiger partial charge on any atom is -0.467 e. The van der Waals surface area contributed by atoms with Crippen molar-refractivity contribution >= 4 is 17.5 Å². The minimum absolute atomic E-state index is 0.0781. The molecule has 0 fully saturated rings. The molecule has 7 heteroatoms. The number of pyridine rings is 1. The summed E-state index contributed by atoms with van der Waals surface area (Å²) in [5, 5.41) is 13.5. The molecule has 1 aromatic rings. The SMILES string of the molecule is COC(=O)C(CC(C)C)Nc1cc([N+](=O)[O-])ccn1. The van der Waals surface area contributed by atoms with Gasteiger partial charge in [-0.3, -0.25) is 10.1 Å². The molecule has 1 unspecified atom stereocenters. The second-order valence-electron chi connectivity index (χ2n) is 4.51. The number of hydrogen-bond acceptors (Lipinski definition) is 6. The van der Waals surface area contributed by atoms with Gasteiger partial charge >= 0.3 is 5.97 Å². The number of aromatic nitrogens is 1. The minimum atomic E-state index is -0.570. The van der Waals surface area contributed by atoms with Crippen LogP contribution in [0.5, 0.6) is 0 Å². The molecule has 0 aromatic carbocycles. The molecule has 0 aliphatic rings. The number of rotatable bonds is 6. The first-order chi connectivity index (χ1) is 8.93. The Balaban J connectivity index is 2.86. The number of nitrogens with one attached hydrogen (secondary N) is 1. The van der Waals surface area contributed by atoms with E-state index >= 15 is 0 Å². The summed E-state index contributed by atoms with van der Waals surface area (Å²) >= 11 is 0. The second kappa shape index (κ2) is 6.67. The summed E-state index contributed by atoms with van der Waals surface area (Å²) in [4.78, 5) is 25.7. The molecule has 1 aromatic heterocycles. The van der Waals surface area contributed by atoms with Crippen molar-refractivity contribution in [3.8, 4) is 0 Å². The quantitative estimate of drug-likeness (QED) is 0.481. The molecule has 1 N–H and O–H groups in total. The van der Waals surface area contributed by atoms with Gasteiger partial charge in [-0.1, -0.05) is 13.8 Å². The van der Waals surface area contributed by atoms with Crippen LogP contribution in [-0.2, 0) is 9.53 Å². The Kier molecular flexibility index (Phi) is 5.23. The van der Waals surface area contributed by atoms with Gasteiger partial charge in [-0.2, -0.15) is 0 Å². The van der Waals surface area contributed by atoms with E-state index in [4.69, 9.17) is 4.74 Å². The number of carbonyl (C=O) groups is 1. The zero-order chi connectivity index (χ0) is 14.4. The van der Waals surface area contributed by atoms with Crippen molar-refractivity contribution in [1.29, 1.82) is 0 Å². The van der Waals surface area contributed by atoms with Crippen LogP contribution >= 0.6 is 0 Å². The third kappa shape index (κ3) is 4.53. The molecule has 0 bridgehead atoms. The van der Waals surface area contributed by atoms with E-state index in [-0.39, 0.29) is 17.4 Å². The van der Waals surface area contributed by atoms with Crippen LogP contribution < -0.4 is 5.32 Å². The van der Waals surface area contributed by atoms with Gasteiger partial charge in [-0.05, 0) is 12.3 Å². The maximum absolute atomic E-state index is 11.6. The fourth-order valence-electron chi connectivity index (χ4n) is 1.62. The highest BCUT2D eigenvalue weighted by molar-refractivity contribution is 5.78. The molecule has 1 rings (SSSR count). The van der Waals surface area contributed by atoms with Crippen molar-refractivity contribution < 1.29 is 14.5 Å². The van der Waals surface area contributed by atoms with Crippen molar-refractivity contribution in [2.75, 3.05) is 12.4 Å². The lowest BCUT2D eigenvalue weighted by Gasteiger charge is -2.18. The van der Waals surface area contributed by atoms with E-state index in [1.54, 1.807) is 0 Å². The van der Waals surface area contributed by atoms with Crippen molar-refractivity contribution in [3.63, 3.8) is 0 Å². The molecule has 1 heterocycles. The van der Waals surface area contributed by atoms with Gasteiger partial charge < -0.3 is 10.1 Å². The Hall–Kier alpha value is -2.18. The highest BCUT2D eigenvalue weighted by Gasteiger charge is 2.21. The highest BCUT2D eigenvalue weighted by atomic mass is 16.6. The lowest BCUT2D eigenvalue weighted by Crippen LogP contribution is -2.32. The molecule has 1 atom stereocenters. The molecule has 0 aliphatic heterocycles. The van der Waals surface area contributed by atoms with Crippen LogP contribution in [0.1, 0.15) is 20.3 Å². The predicted octanol–water partition coefficient (Wildman–Crippen LogP) is 1.99. The van der Waals surface area contributed by atoms with Gasteiger partial charge in [0.15, 0.2) is 0 Å². The van der Waals surface area contributed by atoms with E-state index in [1.807, 2.05) is 13.8 Å². The first-order valence-electron chi connectivity index (χ1n) is 5.88. The van der Waals surface area contributed by atoms with Crippen molar-refractivity contribution in [3.05, 3.63) is 28.4 Å². The first-order valence-corrected chi connectivity index (χ1v) is 5.88. The summed E-state index contributed by atoms with van der Waals surface area (Å²) in [6.45, 7) is 3.94. The van der Waals surface area contributed by atoms with E-state index in [0.717, 1.165) is 0 Å². The Bertz CT molecular complexity index is 462. The first kappa shape index (κ1) is 14.9. The third-order valence-corrected chi connectivity index (χ3v) is 2.47. The van der Waals surface area contributed by atoms with Gasteiger partial charge in [0, 0.05) is 12.3 Å². The summed E-state index contributed by atoms with van der Waals surface area (Å²) in [5.74, 6) is 0.141. The average molecular weight is 267 g/mol. The molecule has 0 radical (unpaired) electrons. The van der Waals surface area contributed by atoms with Crippen LogP contribution in [-0.4, -0.2) is 29.0 Å². The zero-order valence-corrected chi connectivity index (χ0v) is 11.1. The molecular weight excluding hydrogens is 250 g/mol. The summed E-state index contributed by atoms with van der Waals surface area (Å²) in [7, 11) is 1.30. The molecule has 0 saturated heterocycles. The monoisotopic (exact) mass is 267 g/mol. The lowest BCUT2D eigenvalue weighted by molar-refractivity contribution is -0.384. The molecule has 0 aliphatic carbocycles. The molecule has 104 valence electrons. The Morgan fingerprint density at radius 2 is 2.26 bits per heavy atom. The van der Waals surface area contributed by atoms with E-state index in [9.17, 15) is 14.9 Å². The Labute approximate surface area is 111 Å². The maximum atomic E-state index is 11.6. The number of methoxy groups -OCH3 is 1. The van der Waals surface area contributed by atoms with Crippen molar-refractivity contribution in [1.82, 2.24) is 4.98 Å². The number of carbonyl (C=O) groups excluding carboxylic acids is 1. The van der Waals surface area contributed by atoms with E-state index in [0.29, 0.717) is 6.42 Å². The fraction of sp³-hybridized carbons (Fsp3) is 0.500. The largest absolute Gasteiger partial charge is 0.467 e. The van der Waals surface area contributed by atoms with Crippen LogP contribution in [0.3, 0.4) is 0 Å². The zero-order valence-electron chi connectivity index (χ0n) is 11.1. The van der Waals surface area contributed by atoms with E-state index in [2.05, 4.69) is 10.3 Å². The molecule has 0 saturated carbocycles. The summed E-state index contributed by atoms with van der Waals surface area (Å²) < 4.78 is 4.70. The van der Waals surface area contributed by atoms with Gasteiger partial charge in [0.25, 0.3) is 5.69 Å². The number of nitrogens with zero attached hydrogens (tertiary/aromatic N) is 2. The number of esters is 1. The smallest absolute Gasteiger partial charge is 0.328 e. The topological polar surface area (TPSA) is 94.4 Å². The van der Waals surface area contributed by atoms with Crippen LogP contribution in [0.25, 0.3) is 0 Å². The van der Waals surface area contributed by atoms with Gasteiger partial charge in [0.2, 0.25) is 0 Å². The highest BCUT2D eigenvalue weighted by Crippen LogP contribution is 2.17. The normalized spacial score (nSPS) is 12.0. The molecule has 7 nitrogen and oxygen atoms in total. The maximum Gasteiger partial charge on any atom is 0.328 e. The summed E-state index contributed by atoms with van der Waals surface area (Å²) in [6, 6.07) is 2.01. The lowest BCUT2D eigenvalue weighted by atomic mass is 10.0. The second-order valence-corrected chi connectivity index (χ2v) is 4.51. The van der Waals surface area contributed by atoms with Crippen molar-refractivity contribution in [2.24, 2.45) is 5.92 Å². The van der Waals surface area contributed by atoms with Crippen molar-refractivity contribution in [2.45, 2.75) is 26.3 Å². The van der Waals surface area contributed by atoms with Gasteiger partial charge in [-0.15, -0.1) is 0 Å². The number of nitro groups is 1. The standard InChI is InChI=1S/C12H17N3O4/c1-8(2)6-10(12(16)19-3)14-11-7-9(15(17)18)4-5-13-11/h4-5,7-8,10H,6H2,1-3H3,(H,13,14). The van der Waals surface area contributed by atoms with Crippen LogP contribution in [0, 0.1) is 16.0 Å². The summed E-state index contributed by atoms with van der Waals surface area (Å²) in [5.41, 5.74) is -0.0781. The van der Waals surface area contributed by atoms with Gasteiger partial charge in [0.05, 0.1) is 18.1 Å². The van der Waals surface area contributed by atoms with E-state index < -0.39 is 16.9 Å². The Morgan fingerprint density at radius 3 is 2.79 bits per heavy atom. The Morgan fingerprint density at radius 1 is 1.58 bits per heavy atom. The van der Waals surface area contributed by atoms with Gasteiger partial charge in [-0.25, -0.2) is 9.78 Å². The third-order valence-electron chi connectivity index (χ3n) is 2.47. The molecule has 0 amide bonds.